The van der Waals surface area contributed by atoms with Crippen molar-refractivity contribution in [2.75, 3.05) is 11.9 Å². The number of rotatable bonds is 9. The molecule has 0 saturated heterocycles. The van der Waals surface area contributed by atoms with Crippen molar-refractivity contribution >= 4 is 22.5 Å². The third-order valence-electron chi connectivity index (χ3n) is 6.40. The van der Waals surface area contributed by atoms with Gasteiger partial charge in [-0.05, 0) is 49.9 Å². The number of carbonyl (C=O) groups excluding carboxylic acids is 1. The zero-order chi connectivity index (χ0) is 26.3. The number of pyridine rings is 2. The van der Waals surface area contributed by atoms with E-state index in [0.29, 0.717) is 29.0 Å². The van der Waals surface area contributed by atoms with Gasteiger partial charge >= 0.3 is 0 Å². The molecule has 194 valence electrons. The Morgan fingerprint density at radius 2 is 1.82 bits per heavy atom. The first-order valence-electron chi connectivity index (χ1n) is 12.3. The first-order chi connectivity index (χ1) is 18.4. The van der Waals surface area contributed by atoms with Crippen LogP contribution in [0.15, 0.2) is 61.1 Å². The quantitative estimate of drug-likeness (QED) is 0.307. The number of amides is 1. The number of halogens is 2. The highest BCUT2D eigenvalue weighted by atomic mass is 19.1. The highest BCUT2D eigenvalue weighted by Crippen LogP contribution is 2.36. The standard InChI is InChI=1S/C28H24F2N4O4/c29-21-11-16(34-27(35)20-14-32-9-5-25(20)37-17-1-2-17)12-22(30)26(21)38-24-6-10-33-23-13-18(3-4-19(23)24)36-15-28(31)7-8-28/h3-6,9-14,17H,1-2,7-8,15,31H2,(H,34,35). The summed E-state index contributed by atoms with van der Waals surface area (Å²) in [6.45, 7) is 0.406. The third kappa shape index (κ3) is 5.21. The van der Waals surface area contributed by atoms with Gasteiger partial charge in [0.15, 0.2) is 17.4 Å². The number of carbonyl (C=O) groups is 1. The lowest BCUT2D eigenvalue weighted by Crippen LogP contribution is -2.29. The van der Waals surface area contributed by atoms with E-state index in [1.54, 1.807) is 24.3 Å². The molecule has 0 atom stereocenters. The molecule has 6 rings (SSSR count). The second-order valence-corrected chi connectivity index (χ2v) is 9.65. The second kappa shape index (κ2) is 9.53. The summed E-state index contributed by atoms with van der Waals surface area (Å²) in [5.41, 5.74) is 6.44. The fourth-order valence-electron chi connectivity index (χ4n) is 3.87. The van der Waals surface area contributed by atoms with Crippen LogP contribution in [0.2, 0.25) is 0 Å². The van der Waals surface area contributed by atoms with Crippen molar-refractivity contribution in [1.29, 1.82) is 0 Å². The van der Waals surface area contributed by atoms with Gasteiger partial charge in [0.25, 0.3) is 5.91 Å². The van der Waals surface area contributed by atoms with Gasteiger partial charge in [0.1, 0.15) is 23.9 Å². The van der Waals surface area contributed by atoms with Gasteiger partial charge in [-0.15, -0.1) is 0 Å². The Labute approximate surface area is 216 Å². The van der Waals surface area contributed by atoms with E-state index in [-0.39, 0.29) is 28.6 Å². The molecule has 0 radical (unpaired) electrons. The Kier molecular flexibility index (Phi) is 6.03. The van der Waals surface area contributed by atoms with E-state index in [1.165, 1.54) is 24.7 Å². The molecule has 38 heavy (non-hydrogen) atoms. The number of nitrogens with one attached hydrogen (secondary N) is 1. The molecule has 0 aliphatic heterocycles. The fourth-order valence-corrected chi connectivity index (χ4v) is 3.87. The molecule has 0 unspecified atom stereocenters. The van der Waals surface area contributed by atoms with Crippen LogP contribution in [0.1, 0.15) is 36.0 Å². The van der Waals surface area contributed by atoms with E-state index in [0.717, 1.165) is 37.8 Å². The van der Waals surface area contributed by atoms with Crippen molar-refractivity contribution in [3.63, 3.8) is 0 Å². The molecule has 0 bridgehead atoms. The molecule has 2 aromatic carbocycles. The molecule has 10 heteroatoms. The average molecular weight is 519 g/mol. The number of hydrogen-bond donors (Lipinski definition) is 2. The molecule has 0 spiro atoms. The van der Waals surface area contributed by atoms with E-state index >= 15 is 0 Å². The van der Waals surface area contributed by atoms with Crippen molar-refractivity contribution in [1.82, 2.24) is 9.97 Å². The van der Waals surface area contributed by atoms with Gasteiger partial charge in [0.05, 0.1) is 22.7 Å². The Morgan fingerprint density at radius 3 is 2.55 bits per heavy atom. The lowest BCUT2D eigenvalue weighted by atomic mass is 10.2. The molecular formula is C28H24F2N4O4. The summed E-state index contributed by atoms with van der Waals surface area (Å²) in [4.78, 5) is 21.1. The van der Waals surface area contributed by atoms with Gasteiger partial charge in [-0.1, -0.05) is 0 Å². The lowest BCUT2D eigenvalue weighted by Gasteiger charge is -2.14. The van der Waals surface area contributed by atoms with Crippen LogP contribution in [-0.4, -0.2) is 34.1 Å². The smallest absolute Gasteiger partial charge is 0.261 e. The number of anilines is 1. The first-order valence-corrected chi connectivity index (χ1v) is 12.3. The summed E-state index contributed by atoms with van der Waals surface area (Å²) >= 11 is 0. The Hall–Kier alpha value is -4.31. The predicted octanol–water partition coefficient (Wildman–Crippen LogP) is 5.36. The molecule has 4 aromatic rings. The fraction of sp³-hybridized carbons (Fsp3) is 0.250. The van der Waals surface area contributed by atoms with Crippen molar-refractivity contribution in [2.24, 2.45) is 5.73 Å². The van der Waals surface area contributed by atoms with Crippen LogP contribution in [0.3, 0.4) is 0 Å². The maximum Gasteiger partial charge on any atom is 0.261 e. The minimum absolute atomic E-state index is 0.0689. The molecule has 2 saturated carbocycles. The molecule has 2 aliphatic carbocycles. The summed E-state index contributed by atoms with van der Waals surface area (Å²) in [5, 5.41) is 3.05. The summed E-state index contributed by atoms with van der Waals surface area (Å²) < 4.78 is 47.1. The van der Waals surface area contributed by atoms with E-state index < -0.39 is 23.3 Å². The van der Waals surface area contributed by atoms with E-state index in [2.05, 4.69) is 15.3 Å². The molecule has 2 fully saturated rings. The van der Waals surface area contributed by atoms with Crippen LogP contribution < -0.4 is 25.3 Å². The van der Waals surface area contributed by atoms with Gasteiger partial charge in [0, 0.05) is 47.9 Å². The van der Waals surface area contributed by atoms with Crippen LogP contribution in [0.4, 0.5) is 14.5 Å². The number of nitrogens with two attached hydrogens (primary N) is 1. The summed E-state index contributed by atoms with van der Waals surface area (Å²) in [5.74, 6) is -1.99. The van der Waals surface area contributed by atoms with Crippen LogP contribution in [0, 0.1) is 11.6 Å². The van der Waals surface area contributed by atoms with Gasteiger partial charge in [0.2, 0.25) is 0 Å². The van der Waals surface area contributed by atoms with Crippen LogP contribution in [-0.2, 0) is 0 Å². The molecule has 2 heterocycles. The molecule has 8 nitrogen and oxygen atoms in total. The third-order valence-corrected chi connectivity index (χ3v) is 6.40. The van der Waals surface area contributed by atoms with Gasteiger partial charge in [-0.2, -0.15) is 0 Å². The van der Waals surface area contributed by atoms with Crippen LogP contribution in [0.5, 0.6) is 23.0 Å². The van der Waals surface area contributed by atoms with Gasteiger partial charge in [-0.3, -0.25) is 14.8 Å². The summed E-state index contributed by atoms with van der Waals surface area (Å²) in [6, 6.07) is 10.2. The topological polar surface area (TPSA) is 109 Å². The minimum atomic E-state index is -0.983. The number of nitrogens with zero attached hydrogens (tertiary/aromatic N) is 2. The normalized spacial score (nSPS) is 15.7. The van der Waals surface area contributed by atoms with Crippen LogP contribution >= 0.6 is 0 Å². The van der Waals surface area contributed by atoms with Crippen molar-refractivity contribution in [3.8, 4) is 23.0 Å². The van der Waals surface area contributed by atoms with E-state index in [9.17, 15) is 13.6 Å². The minimum Gasteiger partial charge on any atom is -0.492 e. The first kappa shape index (κ1) is 24.1. The van der Waals surface area contributed by atoms with Gasteiger partial charge < -0.3 is 25.3 Å². The molecule has 2 aliphatic rings. The highest BCUT2D eigenvalue weighted by molar-refractivity contribution is 6.06. The number of benzene rings is 2. The summed E-state index contributed by atoms with van der Waals surface area (Å²) in [6.07, 6.45) is 8.09. The zero-order valence-corrected chi connectivity index (χ0v) is 20.2. The molecule has 3 N–H and O–H groups in total. The molecular weight excluding hydrogens is 494 g/mol. The second-order valence-electron chi connectivity index (χ2n) is 9.65. The van der Waals surface area contributed by atoms with Crippen molar-refractivity contribution in [3.05, 3.63) is 78.3 Å². The molecule has 2 aromatic heterocycles. The van der Waals surface area contributed by atoms with Crippen LogP contribution in [0.25, 0.3) is 10.9 Å². The number of hydrogen-bond acceptors (Lipinski definition) is 7. The average Bonchev–Trinajstić information content (AvgIpc) is 3.84. The zero-order valence-electron chi connectivity index (χ0n) is 20.2. The summed E-state index contributed by atoms with van der Waals surface area (Å²) in [7, 11) is 0. The van der Waals surface area contributed by atoms with Gasteiger partial charge in [-0.25, -0.2) is 8.78 Å². The monoisotopic (exact) mass is 518 g/mol. The predicted molar refractivity (Wildman–Crippen MR) is 136 cm³/mol. The SMILES string of the molecule is NC1(COc2ccc3c(Oc4c(F)cc(NC(=O)c5cnccc5OC5CC5)cc4F)ccnc3c2)CC1. The maximum atomic E-state index is 15.0. The van der Waals surface area contributed by atoms with E-state index in [4.69, 9.17) is 19.9 Å². The van der Waals surface area contributed by atoms with Crippen molar-refractivity contribution in [2.45, 2.75) is 37.3 Å². The Morgan fingerprint density at radius 1 is 1.05 bits per heavy atom. The lowest BCUT2D eigenvalue weighted by molar-refractivity contribution is 0.102. The van der Waals surface area contributed by atoms with E-state index in [1.807, 2.05) is 0 Å². The maximum absolute atomic E-state index is 15.0. The Balaban J connectivity index is 1.20. The number of aromatic nitrogens is 2. The number of fused-ring (bicyclic) bond motifs is 1. The Bertz CT molecular complexity index is 1520. The number of ether oxygens (including phenoxy) is 3. The highest BCUT2D eigenvalue weighted by Gasteiger charge is 2.39. The van der Waals surface area contributed by atoms with Crippen molar-refractivity contribution < 1.29 is 27.8 Å². The largest absolute Gasteiger partial charge is 0.492 e. The molecule has 1 amide bonds.